The molecule has 34 heavy (non-hydrogen) atoms. The summed E-state index contributed by atoms with van der Waals surface area (Å²) < 4.78 is 2.67. The first-order chi connectivity index (χ1) is 16.3. The monoisotopic (exact) mass is 459 g/mol. The lowest BCUT2D eigenvalue weighted by molar-refractivity contribution is 0.118. The Kier molecular flexibility index (Phi) is 5.27. The average Bonchev–Trinajstić information content (AvgIpc) is 3.16. The summed E-state index contributed by atoms with van der Waals surface area (Å²) in [6.07, 6.45) is 0.294. The molecule has 5 rings (SSSR count). The third-order valence-corrected chi connectivity index (χ3v) is 6.15. The maximum absolute atomic E-state index is 13.5. The molecule has 1 amide bonds. The molecule has 0 aliphatic carbocycles. The number of fused-ring (bicyclic) bond motifs is 1. The zero-order valence-corrected chi connectivity index (χ0v) is 19.0. The fraction of sp³-hybridized carbons (Fsp3) is 0.292. The largest absolute Gasteiger partial charge is 0.465 e. The molecule has 3 aromatic heterocycles. The first kappa shape index (κ1) is 21.6. The van der Waals surface area contributed by atoms with Gasteiger partial charge in [-0.2, -0.15) is 0 Å². The van der Waals surface area contributed by atoms with Crippen molar-refractivity contribution in [3.05, 3.63) is 64.3 Å². The first-order valence-corrected chi connectivity index (χ1v) is 11.1. The number of piperidine rings is 1. The number of pyridine rings is 1. The van der Waals surface area contributed by atoms with Gasteiger partial charge in [-0.1, -0.05) is 30.3 Å². The number of hydrogen-bond donors (Lipinski definition) is 2. The number of aryl methyl sites for hydroxylation is 2. The van der Waals surface area contributed by atoms with Crippen LogP contribution < -0.4 is 11.4 Å². The second-order valence-corrected chi connectivity index (χ2v) is 8.61. The highest BCUT2D eigenvalue weighted by Crippen LogP contribution is 2.35. The molecule has 174 valence electrons. The molecule has 1 unspecified atom stereocenters. The van der Waals surface area contributed by atoms with E-state index in [0.29, 0.717) is 36.3 Å². The van der Waals surface area contributed by atoms with Crippen LogP contribution in [-0.4, -0.2) is 53.3 Å². The Morgan fingerprint density at radius 1 is 1.09 bits per heavy atom. The second kappa shape index (κ2) is 8.29. The van der Waals surface area contributed by atoms with Gasteiger partial charge in [-0.3, -0.25) is 4.98 Å². The number of rotatable bonds is 3. The minimum absolute atomic E-state index is 0.0299. The third-order valence-electron chi connectivity index (χ3n) is 6.15. The Balaban J connectivity index is 1.79. The summed E-state index contributed by atoms with van der Waals surface area (Å²) >= 11 is 0. The van der Waals surface area contributed by atoms with Crippen molar-refractivity contribution in [3.8, 4) is 22.4 Å². The van der Waals surface area contributed by atoms with Gasteiger partial charge < -0.3 is 15.7 Å². The molecule has 0 bridgehead atoms. The molecule has 1 saturated heterocycles. The summed E-state index contributed by atoms with van der Waals surface area (Å²) in [5.41, 5.74) is 10.9. The van der Waals surface area contributed by atoms with Crippen molar-refractivity contribution in [1.82, 2.24) is 29.0 Å². The quantitative estimate of drug-likeness (QED) is 0.481. The van der Waals surface area contributed by atoms with E-state index in [4.69, 9.17) is 10.8 Å². The number of nitrogens with zero attached hydrogens (tertiary/aromatic N) is 6. The van der Waals surface area contributed by atoms with Crippen molar-refractivity contribution in [1.29, 1.82) is 0 Å². The number of anilines is 1. The van der Waals surface area contributed by atoms with E-state index in [-0.39, 0.29) is 18.5 Å². The van der Waals surface area contributed by atoms with Gasteiger partial charge in [0.05, 0.1) is 17.3 Å². The van der Waals surface area contributed by atoms with Crippen LogP contribution in [0, 0.1) is 13.8 Å². The van der Waals surface area contributed by atoms with Gasteiger partial charge in [0.25, 0.3) is 0 Å². The Labute approximate surface area is 195 Å². The number of aromatic nitrogens is 5. The molecular formula is C24H25N7O3. The Bertz CT molecular complexity index is 1440. The minimum Gasteiger partial charge on any atom is -0.465 e. The van der Waals surface area contributed by atoms with Crippen LogP contribution in [-0.2, 0) is 0 Å². The van der Waals surface area contributed by atoms with E-state index < -0.39 is 11.8 Å². The van der Waals surface area contributed by atoms with E-state index in [0.717, 1.165) is 22.5 Å². The van der Waals surface area contributed by atoms with Crippen molar-refractivity contribution < 1.29 is 9.90 Å². The predicted molar refractivity (Wildman–Crippen MR) is 128 cm³/mol. The molecule has 1 aliphatic rings. The van der Waals surface area contributed by atoms with Gasteiger partial charge in [-0.05, 0) is 44.4 Å². The standard InChI is InChI=1S/C24H25N7O3/c1-14-11-17(12-15(2)26-14)19-20(16-7-4-3-5-8-16)27-22(25)30-21(19)28-31(23(30)32)18-9-6-10-29(13-18)24(33)34/h3-5,7-8,11-12,18H,6,9-10,13H2,1-2H3,(H2,25,27)(H,33,34). The highest BCUT2D eigenvalue weighted by molar-refractivity contribution is 5.90. The summed E-state index contributed by atoms with van der Waals surface area (Å²) in [7, 11) is 0. The smallest absolute Gasteiger partial charge is 0.407 e. The van der Waals surface area contributed by atoms with Crippen molar-refractivity contribution >= 4 is 17.7 Å². The molecule has 1 aliphatic heterocycles. The molecule has 4 heterocycles. The molecule has 0 radical (unpaired) electrons. The summed E-state index contributed by atoms with van der Waals surface area (Å²) in [6, 6.07) is 13.1. The van der Waals surface area contributed by atoms with Crippen molar-refractivity contribution in [2.75, 3.05) is 18.8 Å². The number of benzene rings is 1. The molecule has 3 N–H and O–H groups in total. The third kappa shape index (κ3) is 3.66. The lowest BCUT2D eigenvalue weighted by Gasteiger charge is -2.30. The molecule has 10 nitrogen and oxygen atoms in total. The van der Waals surface area contributed by atoms with E-state index >= 15 is 0 Å². The maximum atomic E-state index is 13.5. The van der Waals surface area contributed by atoms with Crippen molar-refractivity contribution in [2.24, 2.45) is 0 Å². The van der Waals surface area contributed by atoms with Crippen LogP contribution in [0.15, 0.2) is 47.3 Å². The fourth-order valence-corrected chi connectivity index (χ4v) is 4.69. The van der Waals surface area contributed by atoms with E-state index in [1.54, 1.807) is 0 Å². The van der Waals surface area contributed by atoms with Crippen LogP contribution in [0.5, 0.6) is 0 Å². The summed E-state index contributed by atoms with van der Waals surface area (Å²) in [6.45, 7) is 4.46. The van der Waals surface area contributed by atoms with Gasteiger partial charge in [0, 0.05) is 30.0 Å². The van der Waals surface area contributed by atoms with Crippen molar-refractivity contribution in [2.45, 2.75) is 32.7 Å². The highest BCUT2D eigenvalue weighted by atomic mass is 16.4. The normalized spacial score (nSPS) is 16.2. The molecule has 10 heteroatoms. The number of nitrogens with two attached hydrogens (primary N) is 1. The molecule has 1 atom stereocenters. The highest BCUT2D eigenvalue weighted by Gasteiger charge is 2.29. The van der Waals surface area contributed by atoms with Crippen molar-refractivity contribution in [3.63, 3.8) is 0 Å². The Hall–Kier alpha value is -4.21. The van der Waals surface area contributed by atoms with Crippen LogP contribution in [0.4, 0.5) is 10.7 Å². The van der Waals surface area contributed by atoms with Gasteiger partial charge in [-0.15, -0.1) is 5.10 Å². The minimum atomic E-state index is -1.00. The zero-order valence-electron chi connectivity index (χ0n) is 19.0. The molecule has 4 aromatic rings. The van der Waals surface area contributed by atoms with Gasteiger partial charge >= 0.3 is 11.8 Å². The molecule has 0 spiro atoms. The van der Waals surface area contributed by atoms with Gasteiger partial charge in [-0.25, -0.2) is 23.7 Å². The second-order valence-electron chi connectivity index (χ2n) is 8.61. The fourth-order valence-electron chi connectivity index (χ4n) is 4.69. The average molecular weight is 460 g/mol. The number of carbonyl (C=O) groups is 1. The Morgan fingerprint density at radius 3 is 2.47 bits per heavy atom. The van der Waals surface area contributed by atoms with E-state index in [9.17, 15) is 14.7 Å². The van der Waals surface area contributed by atoms with Crippen LogP contribution >= 0.6 is 0 Å². The van der Waals surface area contributed by atoms with E-state index in [2.05, 4.69) is 9.97 Å². The summed E-state index contributed by atoms with van der Waals surface area (Å²) in [5.74, 6) is 0.0299. The van der Waals surface area contributed by atoms with Crippen LogP contribution in [0.3, 0.4) is 0 Å². The number of nitrogen functional groups attached to an aromatic ring is 1. The Morgan fingerprint density at radius 2 is 1.79 bits per heavy atom. The summed E-state index contributed by atoms with van der Waals surface area (Å²) in [4.78, 5) is 35.4. The van der Waals surface area contributed by atoms with Gasteiger partial charge in [0.2, 0.25) is 5.95 Å². The SMILES string of the molecule is Cc1cc(-c2c(-c3ccccc3)nc(N)n3c(=O)n(C4CCCN(C(=O)O)C4)nc23)cc(C)n1. The zero-order chi connectivity index (χ0) is 24.0. The number of carboxylic acid groups (broad SMARTS) is 1. The van der Waals surface area contributed by atoms with E-state index in [1.165, 1.54) is 14.0 Å². The topological polar surface area (TPSA) is 132 Å². The number of amides is 1. The van der Waals surface area contributed by atoms with Gasteiger partial charge in [0.15, 0.2) is 5.65 Å². The predicted octanol–water partition coefficient (Wildman–Crippen LogP) is 3.13. The maximum Gasteiger partial charge on any atom is 0.407 e. The molecule has 1 aromatic carbocycles. The molecule has 1 fully saturated rings. The molecule has 0 saturated carbocycles. The number of hydrogen-bond acceptors (Lipinski definition) is 6. The van der Waals surface area contributed by atoms with Crippen LogP contribution in [0.1, 0.15) is 30.3 Å². The number of likely N-dealkylation sites (tertiary alicyclic amines) is 1. The lowest BCUT2D eigenvalue weighted by atomic mass is 9.99. The summed E-state index contributed by atoms with van der Waals surface area (Å²) in [5, 5.41) is 14.2. The van der Waals surface area contributed by atoms with E-state index in [1.807, 2.05) is 56.3 Å². The molecular weight excluding hydrogens is 434 g/mol. The first-order valence-electron chi connectivity index (χ1n) is 11.1. The lowest BCUT2D eigenvalue weighted by Crippen LogP contribution is -2.42. The van der Waals surface area contributed by atoms with Crippen LogP contribution in [0.25, 0.3) is 28.0 Å². The van der Waals surface area contributed by atoms with Crippen LogP contribution in [0.2, 0.25) is 0 Å². The van der Waals surface area contributed by atoms with Gasteiger partial charge in [0.1, 0.15) is 0 Å².